The quantitative estimate of drug-likeness (QED) is 0.358. The molecule has 1 N–H and O–H groups in total. The molecule has 1 aliphatic rings. The maximum absolute atomic E-state index is 13.0. The van der Waals surface area contributed by atoms with Gasteiger partial charge in [-0.05, 0) is 71.4 Å². The molecule has 162 valence electrons. The molecule has 0 spiro atoms. The van der Waals surface area contributed by atoms with E-state index in [0.29, 0.717) is 33.4 Å². The van der Waals surface area contributed by atoms with Gasteiger partial charge in [0.25, 0.3) is 11.8 Å². The van der Waals surface area contributed by atoms with Crippen molar-refractivity contribution in [2.75, 3.05) is 11.5 Å². The van der Waals surface area contributed by atoms with Crippen LogP contribution in [0.25, 0.3) is 6.08 Å². The number of benzene rings is 2. The zero-order chi connectivity index (χ0) is 22.7. The standard InChI is InChI=1S/C23H17BrN2O5S/c1-2-30-15-10-8-14(9-11-15)26-21(28)18(20(27)25-23(26)29)12-16-13-19(24)22(31-16)32-17-6-4-3-5-7-17/h3-13H,2H2,1H3,(H,25,27,29)/b18-12+. The van der Waals surface area contributed by atoms with E-state index in [4.69, 9.17) is 9.15 Å². The van der Waals surface area contributed by atoms with Crippen LogP contribution in [-0.4, -0.2) is 24.5 Å². The van der Waals surface area contributed by atoms with Crippen molar-refractivity contribution in [1.82, 2.24) is 5.32 Å². The highest BCUT2D eigenvalue weighted by Crippen LogP contribution is 2.36. The Labute approximate surface area is 196 Å². The second-order valence-corrected chi connectivity index (χ2v) is 8.48. The van der Waals surface area contributed by atoms with E-state index in [2.05, 4.69) is 21.2 Å². The summed E-state index contributed by atoms with van der Waals surface area (Å²) in [5.74, 6) is -0.619. The molecule has 1 fully saturated rings. The number of carbonyl (C=O) groups excluding carboxylic acids is 3. The van der Waals surface area contributed by atoms with E-state index in [1.165, 1.54) is 17.8 Å². The van der Waals surface area contributed by atoms with Crippen molar-refractivity contribution in [3.63, 3.8) is 0 Å². The number of nitrogens with zero attached hydrogens (tertiary/aromatic N) is 1. The monoisotopic (exact) mass is 512 g/mol. The third-order valence-electron chi connectivity index (χ3n) is 4.42. The Balaban J connectivity index is 1.61. The van der Waals surface area contributed by atoms with Crippen molar-refractivity contribution >= 4 is 57.3 Å². The van der Waals surface area contributed by atoms with Crippen LogP contribution in [0.15, 0.2) is 85.1 Å². The molecule has 4 amide bonds. The molecule has 9 heteroatoms. The normalized spacial score (nSPS) is 15.2. The third-order valence-corrected chi connectivity index (χ3v) is 6.27. The lowest BCUT2D eigenvalue weighted by atomic mass is 10.1. The maximum Gasteiger partial charge on any atom is 0.335 e. The van der Waals surface area contributed by atoms with Gasteiger partial charge in [0.2, 0.25) is 0 Å². The number of rotatable bonds is 6. The number of hydrogen-bond donors (Lipinski definition) is 1. The van der Waals surface area contributed by atoms with Gasteiger partial charge >= 0.3 is 6.03 Å². The fraction of sp³-hybridized carbons (Fsp3) is 0.0870. The molecular formula is C23H17BrN2O5S. The summed E-state index contributed by atoms with van der Waals surface area (Å²) in [5, 5.41) is 2.77. The number of anilines is 1. The van der Waals surface area contributed by atoms with Crippen molar-refractivity contribution in [1.29, 1.82) is 0 Å². The van der Waals surface area contributed by atoms with Gasteiger partial charge < -0.3 is 9.15 Å². The second kappa shape index (κ2) is 9.46. The van der Waals surface area contributed by atoms with Gasteiger partial charge in [-0.15, -0.1) is 0 Å². The van der Waals surface area contributed by atoms with Crippen LogP contribution in [0, 0.1) is 0 Å². The van der Waals surface area contributed by atoms with E-state index in [1.807, 2.05) is 37.3 Å². The number of imide groups is 2. The summed E-state index contributed by atoms with van der Waals surface area (Å²) in [6.45, 7) is 2.35. The minimum atomic E-state index is -0.817. The van der Waals surface area contributed by atoms with E-state index in [9.17, 15) is 14.4 Å². The van der Waals surface area contributed by atoms with E-state index in [0.717, 1.165) is 9.80 Å². The minimum absolute atomic E-state index is 0.212. The average molecular weight is 513 g/mol. The number of carbonyl (C=O) groups is 3. The zero-order valence-electron chi connectivity index (χ0n) is 16.8. The molecule has 7 nitrogen and oxygen atoms in total. The Hall–Kier alpha value is -3.30. The van der Waals surface area contributed by atoms with Gasteiger partial charge in [-0.1, -0.05) is 30.0 Å². The lowest BCUT2D eigenvalue weighted by Crippen LogP contribution is -2.54. The fourth-order valence-electron chi connectivity index (χ4n) is 3.00. The van der Waals surface area contributed by atoms with Gasteiger partial charge in [0.1, 0.15) is 17.1 Å². The van der Waals surface area contributed by atoms with Crippen LogP contribution in [0.3, 0.4) is 0 Å². The van der Waals surface area contributed by atoms with Crippen LogP contribution in [0.1, 0.15) is 12.7 Å². The lowest BCUT2D eigenvalue weighted by molar-refractivity contribution is -0.122. The van der Waals surface area contributed by atoms with Crippen molar-refractivity contribution in [3.05, 3.63) is 76.5 Å². The highest BCUT2D eigenvalue weighted by atomic mass is 79.9. The highest BCUT2D eigenvalue weighted by Gasteiger charge is 2.37. The first-order chi connectivity index (χ1) is 15.5. The molecule has 0 atom stereocenters. The minimum Gasteiger partial charge on any atom is -0.494 e. The highest BCUT2D eigenvalue weighted by molar-refractivity contribution is 9.10. The van der Waals surface area contributed by atoms with Crippen LogP contribution in [0.4, 0.5) is 10.5 Å². The first kappa shape index (κ1) is 21.9. The van der Waals surface area contributed by atoms with Crippen LogP contribution in [0.2, 0.25) is 0 Å². The molecule has 1 saturated heterocycles. The molecule has 4 rings (SSSR count). The molecule has 32 heavy (non-hydrogen) atoms. The van der Waals surface area contributed by atoms with Gasteiger partial charge in [0.15, 0.2) is 5.09 Å². The molecule has 2 heterocycles. The average Bonchev–Trinajstić information content (AvgIpc) is 3.12. The Morgan fingerprint density at radius 2 is 1.81 bits per heavy atom. The summed E-state index contributed by atoms with van der Waals surface area (Å²) in [7, 11) is 0. The van der Waals surface area contributed by atoms with Crippen molar-refractivity contribution in [2.24, 2.45) is 0 Å². The van der Waals surface area contributed by atoms with E-state index >= 15 is 0 Å². The van der Waals surface area contributed by atoms with Crippen LogP contribution >= 0.6 is 27.7 Å². The summed E-state index contributed by atoms with van der Waals surface area (Å²) < 4.78 is 11.9. The number of hydrogen-bond acceptors (Lipinski definition) is 6. The first-order valence-corrected chi connectivity index (χ1v) is 11.2. The van der Waals surface area contributed by atoms with Crippen LogP contribution in [-0.2, 0) is 9.59 Å². The molecule has 0 saturated carbocycles. The summed E-state index contributed by atoms with van der Waals surface area (Å²) in [6.07, 6.45) is 1.32. The van der Waals surface area contributed by atoms with Gasteiger partial charge in [-0.25, -0.2) is 9.69 Å². The summed E-state index contributed by atoms with van der Waals surface area (Å²) >= 11 is 4.84. The zero-order valence-corrected chi connectivity index (χ0v) is 19.2. The molecule has 0 bridgehead atoms. The smallest absolute Gasteiger partial charge is 0.335 e. The molecule has 3 aromatic rings. The number of halogens is 1. The Bertz CT molecular complexity index is 1200. The molecule has 0 aliphatic carbocycles. The van der Waals surface area contributed by atoms with Gasteiger partial charge in [-0.2, -0.15) is 0 Å². The molecule has 1 aliphatic heterocycles. The topological polar surface area (TPSA) is 88.8 Å². The fourth-order valence-corrected chi connectivity index (χ4v) is 4.35. The Kier molecular flexibility index (Phi) is 6.48. The summed E-state index contributed by atoms with van der Waals surface area (Å²) in [6, 6.07) is 16.9. The number of urea groups is 1. The summed E-state index contributed by atoms with van der Waals surface area (Å²) in [5.41, 5.74) is 0.103. The Morgan fingerprint density at radius 3 is 2.50 bits per heavy atom. The van der Waals surface area contributed by atoms with Crippen LogP contribution < -0.4 is 15.0 Å². The number of amides is 4. The molecule has 1 aromatic heterocycles. The number of ether oxygens (including phenoxy) is 1. The third kappa shape index (κ3) is 4.63. The maximum atomic E-state index is 13.0. The molecular weight excluding hydrogens is 496 g/mol. The van der Waals surface area contributed by atoms with E-state index in [1.54, 1.807) is 30.3 Å². The SMILES string of the molecule is CCOc1ccc(N2C(=O)NC(=O)/C(=C\c3cc(Br)c(Sc4ccccc4)o3)C2=O)cc1. The lowest BCUT2D eigenvalue weighted by Gasteiger charge is -2.26. The largest absolute Gasteiger partial charge is 0.494 e. The number of nitrogens with one attached hydrogen (secondary N) is 1. The first-order valence-electron chi connectivity index (χ1n) is 9.63. The summed E-state index contributed by atoms with van der Waals surface area (Å²) in [4.78, 5) is 39.7. The van der Waals surface area contributed by atoms with Gasteiger partial charge in [0, 0.05) is 4.90 Å². The second-order valence-electron chi connectivity index (χ2n) is 6.58. The Morgan fingerprint density at radius 1 is 1.09 bits per heavy atom. The van der Waals surface area contributed by atoms with Gasteiger partial charge in [-0.3, -0.25) is 14.9 Å². The van der Waals surface area contributed by atoms with E-state index in [-0.39, 0.29) is 5.57 Å². The number of furan rings is 1. The predicted octanol–water partition coefficient (Wildman–Crippen LogP) is 5.26. The van der Waals surface area contributed by atoms with Crippen molar-refractivity contribution in [3.8, 4) is 5.75 Å². The number of barbiturate groups is 1. The molecule has 0 unspecified atom stereocenters. The van der Waals surface area contributed by atoms with E-state index < -0.39 is 17.8 Å². The molecule has 0 radical (unpaired) electrons. The van der Waals surface area contributed by atoms with Crippen molar-refractivity contribution in [2.45, 2.75) is 16.9 Å². The van der Waals surface area contributed by atoms with Crippen molar-refractivity contribution < 1.29 is 23.5 Å². The molecule has 2 aromatic carbocycles. The van der Waals surface area contributed by atoms with Gasteiger partial charge in [0.05, 0.1) is 16.8 Å². The predicted molar refractivity (Wildman–Crippen MR) is 124 cm³/mol. The van der Waals surface area contributed by atoms with Crippen LogP contribution in [0.5, 0.6) is 5.75 Å².